The highest BCUT2D eigenvalue weighted by Gasteiger charge is 2.75. The summed E-state index contributed by atoms with van der Waals surface area (Å²) < 4.78 is 12.8. The summed E-state index contributed by atoms with van der Waals surface area (Å²) in [4.78, 5) is 46.5. The molecule has 8 nitrogen and oxygen atoms in total. The second-order valence-corrected chi connectivity index (χ2v) is 12.2. The van der Waals surface area contributed by atoms with Crippen LogP contribution < -0.4 is 4.90 Å². The van der Waals surface area contributed by atoms with Crippen molar-refractivity contribution in [2.24, 2.45) is 11.8 Å². The summed E-state index contributed by atoms with van der Waals surface area (Å²) in [7, 11) is 0. The Labute approximate surface area is 253 Å². The molecule has 0 aliphatic carbocycles. The Kier molecular flexibility index (Phi) is 8.42. The average Bonchev–Trinajstić information content (AvgIpc) is 3.37. The van der Waals surface area contributed by atoms with E-state index in [4.69, 9.17) is 9.47 Å². The van der Waals surface area contributed by atoms with Gasteiger partial charge in [0.2, 0.25) is 5.91 Å². The molecule has 4 aliphatic rings. The molecule has 8 heteroatoms. The fourth-order valence-corrected chi connectivity index (χ4v) is 7.60. The van der Waals surface area contributed by atoms with E-state index in [1.54, 1.807) is 9.80 Å². The van der Waals surface area contributed by atoms with Gasteiger partial charge in [0.05, 0.1) is 12.5 Å². The van der Waals surface area contributed by atoms with E-state index in [0.29, 0.717) is 39.0 Å². The number of likely N-dealkylation sites (tertiary alicyclic amines) is 1. The van der Waals surface area contributed by atoms with Gasteiger partial charge in [0.15, 0.2) is 0 Å². The number of rotatable bonds is 8. The molecule has 0 bridgehead atoms. The molecule has 1 N–H and O–H groups in total. The number of allylic oxidation sites excluding steroid dienone is 1. The highest BCUT2D eigenvalue weighted by Crippen LogP contribution is 2.58. The number of hydrogen-bond donors (Lipinski definition) is 1. The number of fused-ring (bicyclic) bond motifs is 3. The Hall–Kier alpha value is -3.49. The molecule has 4 aliphatic heterocycles. The molecule has 5 atom stereocenters. The monoisotopic (exact) mass is 586 g/mol. The number of aliphatic hydroxyl groups is 1. The highest BCUT2D eigenvalue weighted by molar-refractivity contribution is 6.06. The number of cyclic esters (lactones) is 1. The van der Waals surface area contributed by atoms with Gasteiger partial charge in [0.25, 0.3) is 5.91 Å². The van der Waals surface area contributed by atoms with Gasteiger partial charge in [-0.05, 0) is 61.4 Å². The molecule has 228 valence electrons. The molecule has 2 amide bonds. The first-order chi connectivity index (χ1) is 21.0. The van der Waals surface area contributed by atoms with Gasteiger partial charge >= 0.3 is 5.97 Å². The number of anilines is 1. The van der Waals surface area contributed by atoms with E-state index >= 15 is 0 Å². The molecule has 43 heavy (non-hydrogen) atoms. The minimum Gasteiger partial charge on any atom is -0.465 e. The van der Waals surface area contributed by atoms with Crippen molar-refractivity contribution in [3.05, 3.63) is 66.8 Å². The van der Waals surface area contributed by atoms with Gasteiger partial charge < -0.3 is 24.4 Å². The Balaban J connectivity index is 1.43. The third-order valence-corrected chi connectivity index (χ3v) is 9.73. The summed E-state index contributed by atoms with van der Waals surface area (Å²) >= 11 is 0. The fraction of sp³-hybridized carbons (Fsp3) is 0.514. The first kappa shape index (κ1) is 29.6. The number of hydrogen-bond acceptors (Lipinski definition) is 6. The fourth-order valence-electron chi connectivity index (χ4n) is 7.60. The number of ether oxygens (including phenoxy) is 2. The van der Waals surface area contributed by atoms with E-state index in [-0.39, 0.29) is 18.4 Å². The smallest absolute Gasteiger partial charge is 0.313 e. The predicted molar refractivity (Wildman–Crippen MR) is 164 cm³/mol. The summed E-state index contributed by atoms with van der Waals surface area (Å²) in [6.07, 6.45) is 13.8. The largest absolute Gasteiger partial charge is 0.465 e. The van der Waals surface area contributed by atoms with Crippen LogP contribution in [0.15, 0.2) is 66.8 Å². The van der Waals surface area contributed by atoms with Crippen LogP contribution >= 0.6 is 0 Å². The molecule has 2 aromatic rings. The van der Waals surface area contributed by atoms with Crippen LogP contribution in [0.3, 0.4) is 0 Å². The van der Waals surface area contributed by atoms with Crippen LogP contribution in [0.4, 0.5) is 5.69 Å². The molecule has 1 unspecified atom stereocenters. The van der Waals surface area contributed by atoms with Gasteiger partial charge in [-0.3, -0.25) is 14.4 Å². The quantitative estimate of drug-likeness (QED) is 0.268. The van der Waals surface area contributed by atoms with Crippen molar-refractivity contribution in [1.29, 1.82) is 0 Å². The molecule has 1 spiro atoms. The lowest BCUT2D eigenvalue weighted by Crippen LogP contribution is -2.56. The third kappa shape index (κ3) is 5.08. The summed E-state index contributed by atoms with van der Waals surface area (Å²) in [6, 6.07) is 13.1. The van der Waals surface area contributed by atoms with Gasteiger partial charge in [-0.25, -0.2) is 0 Å². The van der Waals surface area contributed by atoms with E-state index < -0.39 is 35.0 Å². The lowest BCUT2D eigenvalue weighted by molar-refractivity contribution is -0.160. The van der Waals surface area contributed by atoms with Gasteiger partial charge in [-0.15, -0.1) is 0 Å². The van der Waals surface area contributed by atoms with Crippen LogP contribution in [0.1, 0.15) is 58.3 Å². The molecule has 4 heterocycles. The Morgan fingerprint density at radius 3 is 2.53 bits per heavy atom. The number of carbonyl (C=O) groups excluding carboxylic acids is 3. The summed E-state index contributed by atoms with van der Waals surface area (Å²) in [5, 5.41) is 11.3. The second-order valence-electron chi connectivity index (χ2n) is 12.2. The van der Waals surface area contributed by atoms with Gasteiger partial charge in [0, 0.05) is 25.4 Å². The van der Waals surface area contributed by atoms with Crippen LogP contribution in [0.25, 0.3) is 10.8 Å². The maximum atomic E-state index is 14.8. The lowest BCUT2D eigenvalue weighted by atomic mass is 9.73. The molecule has 2 fully saturated rings. The number of unbranched alkanes of at least 4 members (excludes halogenated alkanes) is 3. The molecular weight excluding hydrogens is 544 g/mol. The Bertz CT molecular complexity index is 1440. The molecule has 6 rings (SSSR count). The molecule has 0 aromatic heterocycles. The van der Waals surface area contributed by atoms with E-state index in [0.717, 1.165) is 48.6 Å². The van der Waals surface area contributed by atoms with Crippen molar-refractivity contribution in [3.63, 3.8) is 0 Å². The van der Waals surface area contributed by atoms with Crippen LogP contribution in [0, 0.1) is 11.8 Å². The molecule has 0 radical (unpaired) electrons. The highest BCUT2D eigenvalue weighted by atomic mass is 16.6. The maximum absolute atomic E-state index is 14.8. The zero-order valence-electron chi connectivity index (χ0n) is 25.0. The van der Waals surface area contributed by atoms with Gasteiger partial charge in [0.1, 0.15) is 23.2 Å². The normalized spacial score (nSPS) is 31.4. The lowest BCUT2D eigenvalue weighted by Gasteiger charge is -2.38. The van der Waals surface area contributed by atoms with E-state index in [2.05, 4.69) is 6.08 Å². The standard InChI is InChI=1S/C35H42N2O6/c1-2-34-18-9-3-6-12-23-42-33(41)29(34)28-31(39)37(20-10-4-5-11-22-38)30-32(40)36(21-13-19-35(28,30)43-34)27-17-16-25-14-7-8-15-26(25)24-27/h7-9,13-19,24,28-30,38H,2-6,10-12,20-23H2,1H3/b18-9-/t28-,29-,30?,34+,35-/m0/s1. The number of esters is 1. The van der Waals surface area contributed by atoms with Crippen LogP contribution in [-0.2, 0) is 23.9 Å². The van der Waals surface area contributed by atoms with Crippen LogP contribution in [-0.4, -0.2) is 71.3 Å². The van der Waals surface area contributed by atoms with Crippen LogP contribution in [0.2, 0.25) is 0 Å². The number of nitrogens with zero attached hydrogens (tertiary/aromatic N) is 2. The minimum absolute atomic E-state index is 0.130. The van der Waals surface area contributed by atoms with E-state index in [9.17, 15) is 19.5 Å². The SMILES string of the molecule is CC[C@@]12/C=C\CCCCOC(=O)[C@@H]1[C@H]1C(=O)N(CCCCCCO)C3C(=O)N(c4ccc5ccccc5c4)CC=C[C@@]31O2. The zero-order chi connectivity index (χ0) is 30.0. The van der Waals surface area contributed by atoms with Crippen molar-refractivity contribution >= 4 is 34.2 Å². The van der Waals surface area contributed by atoms with E-state index in [1.807, 2.05) is 67.6 Å². The number of carbonyl (C=O) groups is 3. The first-order valence-corrected chi connectivity index (χ1v) is 15.9. The van der Waals surface area contributed by atoms with Crippen LogP contribution in [0.5, 0.6) is 0 Å². The average molecular weight is 587 g/mol. The second kappa shape index (κ2) is 12.2. The Morgan fingerprint density at radius 1 is 0.907 bits per heavy atom. The van der Waals surface area contributed by atoms with Crippen molar-refractivity contribution in [2.45, 2.75) is 75.5 Å². The number of benzene rings is 2. The third-order valence-electron chi connectivity index (χ3n) is 9.73. The maximum Gasteiger partial charge on any atom is 0.313 e. The molecule has 0 saturated carbocycles. The molecule has 2 saturated heterocycles. The predicted octanol–water partition coefficient (Wildman–Crippen LogP) is 4.94. The number of amides is 2. The first-order valence-electron chi connectivity index (χ1n) is 15.9. The van der Waals surface area contributed by atoms with Gasteiger partial charge in [-0.2, -0.15) is 0 Å². The minimum atomic E-state index is -1.30. The topological polar surface area (TPSA) is 96.4 Å². The van der Waals surface area contributed by atoms with Crippen molar-refractivity contribution in [3.8, 4) is 0 Å². The number of aliphatic hydroxyl groups excluding tert-OH is 1. The van der Waals surface area contributed by atoms with Crippen molar-refractivity contribution in [2.75, 3.05) is 31.2 Å². The summed E-state index contributed by atoms with van der Waals surface area (Å²) in [6.45, 7) is 3.10. The van der Waals surface area contributed by atoms with Crippen molar-refractivity contribution < 1.29 is 29.0 Å². The van der Waals surface area contributed by atoms with Gasteiger partial charge in [-0.1, -0.05) is 74.4 Å². The Morgan fingerprint density at radius 2 is 1.72 bits per heavy atom. The summed E-state index contributed by atoms with van der Waals surface area (Å²) in [5.41, 5.74) is -1.60. The molecular formula is C35H42N2O6. The van der Waals surface area contributed by atoms with Crippen molar-refractivity contribution in [1.82, 2.24) is 4.90 Å². The zero-order valence-corrected chi connectivity index (χ0v) is 25.0. The molecule has 2 aromatic carbocycles. The van der Waals surface area contributed by atoms with E-state index in [1.165, 1.54) is 0 Å². The summed E-state index contributed by atoms with van der Waals surface area (Å²) in [5.74, 6) is -2.59.